The Labute approximate surface area is 139 Å². The second-order valence-electron chi connectivity index (χ2n) is 5.89. The number of H-pyrrole nitrogens is 1. The van der Waals surface area contributed by atoms with Crippen molar-refractivity contribution in [1.29, 1.82) is 0 Å². The summed E-state index contributed by atoms with van der Waals surface area (Å²) in [4.78, 5) is 4.91. The maximum absolute atomic E-state index is 3.63. The van der Waals surface area contributed by atoms with E-state index >= 15 is 0 Å². The Hall–Kier alpha value is -2.36. The zero-order valence-electron chi connectivity index (χ0n) is 12.1. The van der Waals surface area contributed by atoms with Gasteiger partial charge in [-0.1, -0.05) is 42.5 Å². The molecule has 1 nitrogen and oxygen atoms in total. The lowest BCUT2D eigenvalue weighted by Crippen LogP contribution is -1.70. The van der Waals surface area contributed by atoms with E-state index in [1.54, 1.807) is 0 Å². The van der Waals surface area contributed by atoms with E-state index in [2.05, 4.69) is 65.6 Å². The number of hydrogen-bond acceptors (Lipinski definition) is 2. The summed E-state index contributed by atoms with van der Waals surface area (Å²) in [7, 11) is 0. The predicted octanol–water partition coefficient (Wildman–Crippen LogP) is 6.90. The first-order valence-corrected chi connectivity index (χ1v) is 9.26. The highest BCUT2D eigenvalue weighted by Crippen LogP contribution is 2.45. The standard InChI is InChI=1S/C20H11NS2/c1-3-7-15-11(5-1)12-9-10-14-18(19(12)22-15)17-13-6-2-4-8-16(13)23-20(17)21-14/h1-10,21H. The van der Waals surface area contributed by atoms with E-state index in [9.17, 15) is 0 Å². The molecule has 3 aromatic carbocycles. The van der Waals surface area contributed by atoms with E-state index in [0.717, 1.165) is 0 Å². The molecule has 0 aliphatic rings. The Morgan fingerprint density at radius 1 is 0.609 bits per heavy atom. The smallest absolute Gasteiger partial charge is 0.102 e. The van der Waals surface area contributed by atoms with Crippen molar-refractivity contribution in [3.63, 3.8) is 0 Å². The van der Waals surface area contributed by atoms with Gasteiger partial charge in [-0.3, -0.25) is 0 Å². The summed E-state index contributed by atoms with van der Waals surface area (Å²) >= 11 is 3.76. The maximum atomic E-state index is 3.63. The molecule has 3 heteroatoms. The molecule has 6 rings (SSSR count). The molecule has 0 unspecified atom stereocenters. The molecular weight excluding hydrogens is 318 g/mol. The largest absolute Gasteiger partial charge is 0.346 e. The minimum absolute atomic E-state index is 1.25. The van der Waals surface area contributed by atoms with Gasteiger partial charge < -0.3 is 4.98 Å². The Kier molecular flexibility index (Phi) is 2.18. The van der Waals surface area contributed by atoms with Gasteiger partial charge in [0.2, 0.25) is 0 Å². The molecular formula is C20H11NS2. The first kappa shape index (κ1) is 12.1. The molecule has 0 bridgehead atoms. The third-order valence-corrected chi connectivity index (χ3v) is 6.93. The van der Waals surface area contributed by atoms with Crippen LogP contribution in [0, 0.1) is 0 Å². The van der Waals surface area contributed by atoms with Crippen LogP contribution in [-0.4, -0.2) is 4.98 Å². The molecule has 1 N–H and O–H groups in total. The second-order valence-corrected chi connectivity index (χ2v) is 7.99. The SMILES string of the molecule is c1ccc2c(c1)sc1c2ccc2[nH]c3sc4ccccc4c3c21. The molecule has 0 radical (unpaired) electrons. The summed E-state index contributed by atoms with van der Waals surface area (Å²) in [6, 6.07) is 21.9. The summed E-state index contributed by atoms with van der Waals surface area (Å²) in [5.41, 5.74) is 1.25. The van der Waals surface area contributed by atoms with Gasteiger partial charge in [0, 0.05) is 46.5 Å². The number of rotatable bonds is 0. The van der Waals surface area contributed by atoms with Crippen LogP contribution >= 0.6 is 22.7 Å². The molecule has 108 valence electrons. The van der Waals surface area contributed by atoms with Gasteiger partial charge in [0.05, 0.1) is 0 Å². The van der Waals surface area contributed by atoms with Crippen molar-refractivity contribution >= 4 is 74.1 Å². The highest BCUT2D eigenvalue weighted by molar-refractivity contribution is 7.27. The monoisotopic (exact) mass is 329 g/mol. The summed E-state index contributed by atoms with van der Waals surface area (Å²) in [5.74, 6) is 0. The molecule has 0 amide bonds. The topological polar surface area (TPSA) is 15.8 Å². The Balaban J connectivity index is 1.97. The van der Waals surface area contributed by atoms with E-state index in [1.165, 1.54) is 51.4 Å². The van der Waals surface area contributed by atoms with Crippen LogP contribution in [0.4, 0.5) is 0 Å². The van der Waals surface area contributed by atoms with Gasteiger partial charge in [-0.25, -0.2) is 0 Å². The molecule has 0 saturated heterocycles. The van der Waals surface area contributed by atoms with E-state index in [4.69, 9.17) is 0 Å². The van der Waals surface area contributed by atoms with Gasteiger partial charge in [-0.15, -0.1) is 22.7 Å². The van der Waals surface area contributed by atoms with Crippen LogP contribution < -0.4 is 0 Å². The van der Waals surface area contributed by atoms with Crippen molar-refractivity contribution in [2.24, 2.45) is 0 Å². The Morgan fingerprint density at radius 3 is 2.22 bits per heavy atom. The number of benzene rings is 3. The highest BCUT2D eigenvalue weighted by Gasteiger charge is 2.16. The van der Waals surface area contributed by atoms with E-state index in [1.807, 2.05) is 22.7 Å². The normalized spacial score (nSPS) is 12.3. The summed E-state index contributed by atoms with van der Waals surface area (Å²) in [5, 5.41) is 6.87. The van der Waals surface area contributed by atoms with Gasteiger partial charge >= 0.3 is 0 Å². The number of aromatic amines is 1. The average molecular weight is 329 g/mol. The molecule has 0 atom stereocenters. The van der Waals surface area contributed by atoms with Crippen molar-refractivity contribution < 1.29 is 0 Å². The molecule has 0 aliphatic heterocycles. The third kappa shape index (κ3) is 1.46. The molecule has 0 saturated carbocycles. The Morgan fingerprint density at radius 2 is 1.35 bits per heavy atom. The van der Waals surface area contributed by atoms with Crippen LogP contribution in [0.15, 0.2) is 60.7 Å². The quantitative estimate of drug-likeness (QED) is 0.312. The van der Waals surface area contributed by atoms with Crippen LogP contribution in [-0.2, 0) is 0 Å². The van der Waals surface area contributed by atoms with E-state index < -0.39 is 0 Å². The second kappa shape index (κ2) is 4.13. The fourth-order valence-electron chi connectivity index (χ4n) is 3.65. The first-order chi connectivity index (χ1) is 11.4. The van der Waals surface area contributed by atoms with Crippen LogP contribution in [0.5, 0.6) is 0 Å². The third-order valence-electron chi connectivity index (χ3n) is 4.64. The molecule has 6 aromatic rings. The van der Waals surface area contributed by atoms with Crippen molar-refractivity contribution in [3.8, 4) is 0 Å². The minimum atomic E-state index is 1.25. The van der Waals surface area contributed by atoms with Gasteiger partial charge in [-0.2, -0.15) is 0 Å². The lowest BCUT2D eigenvalue weighted by Gasteiger charge is -1.96. The lowest BCUT2D eigenvalue weighted by atomic mass is 10.1. The van der Waals surface area contributed by atoms with Crippen molar-refractivity contribution in [2.75, 3.05) is 0 Å². The van der Waals surface area contributed by atoms with Crippen LogP contribution in [0.1, 0.15) is 0 Å². The number of fused-ring (bicyclic) bond motifs is 9. The first-order valence-electron chi connectivity index (χ1n) is 7.63. The highest BCUT2D eigenvalue weighted by atomic mass is 32.1. The number of thiophene rings is 2. The van der Waals surface area contributed by atoms with Gasteiger partial charge in [0.25, 0.3) is 0 Å². The summed E-state index contributed by atoms with van der Waals surface area (Å²) < 4.78 is 4.12. The number of aromatic nitrogens is 1. The molecule has 3 aromatic heterocycles. The molecule has 23 heavy (non-hydrogen) atoms. The molecule has 0 aliphatic carbocycles. The van der Waals surface area contributed by atoms with E-state index in [0.29, 0.717) is 0 Å². The fraction of sp³-hybridized carbons (Fsp3) is 0. The predicted molar refractivity (Wildman–Crippen MR) is 104 cm³/mol. The number of nitrogens with one attached hydrogen (secondary N) is 1. The van der Waals surface area contributed by atoms with Gasteiger partial charge in [0.1, 0.15) is 4.83 Å². The number of hydrogen-bond donors (Lipinski definition) is 1. The average Bonchev–Trinajstić information content (AvgIpc) is 3.22. The maximum Gasteiger partial charge on any atom is 0.102 e. The Bertz CT molecular complexity index is 1360. The van der Waals surface area contributed by atoms with E-state index in [-0.39, 0.29) is 0 Å². The van der Waals surface area contributed by atoms with Crippen LogP contribution in [0.2, 0.25) is 0 Å². The lowest BCUT2D eigenvalue weighted by molar-refractivity contribution is 1.60. The fourth-order valence-corrected chi connectivity index (χ4v) is 6.02. The molecule has 0 fully saturated rings. The molecule has 0 spiro atoms. The van der Waals surface area contributed by atoms with Crippen molar-refractivity contribution in [1.82, 2.24) is 4.98 Å². The summed E-state index contributed by atoms with van der Waals surface area (Å²) in [6.45, 7) is 0. The zero-order chi connectivity index (χ0) is 15.0. The van der Waals surface area contributed by atoms with Crippen molar-refractivity contribution in [3.05, 3.63) is 60.7 Å². The molecule has 3 heterocycles. The van der Waals surface area contributed by atoms with Gasteiger partial charge in [0.15, 0.2) is 0 Å². The van der Waals surface area contributed by atoms with Crippen molar-refractivity contribution in [2.45, 2.75) is 0 Å². The minimum Gasteiger partial charge on any atom is -0.346 e. The summed E-state index contributed by atoms with van der Waals surface area (Å²) in [6.07, 6.45) is 0. The zero-order valence-corrected chi connectivity index (χ0v) is 13.7. The van der Waals surface area contributed by atoms with Crippen LogP contribution in [0.25, 0.3) is 51.4 Å². The van der Waals surface area contributed by atoms with Crippen LogP contribution in [0.3, 0.4) is 0 Å². The van der Waals surface area contributed by atoms with Gasteiger partial charge in [-0.05, 0) is 18.2 Å².